The molecule has 2 N–H and O–H groups in total. The Hall–Kier alpha value is -4.59. The second-order valence-electron chi connectivity index (χ2n) is 14.8. The summed E-state index contributed by atoms with van der Waals surface area (Å²) in [6.45, 7) is 11.3. The minimum Gasteiger partial charge on any atom is -0.490 e. The molecule has 0 saturated heterocycles. The molecule has 0 unspecified atom stereocenters. The summed E-state index contributed by atoms with van der Waals surface area (Å²) in [4.78, 5) is 34.0. The highest BCUT2D eigenvalue weighted by atomic mass is 32.2. The average Bonchev–Trinajstić information content (AvgIpc) is 3.14. The smallest absolute Gasteiger partial charge is 0.407 e. The number of hydrogen-bond acceptors (Lipinski definition) is 9. The van der Waals surface area contributed by atoms with Crippen LogP contribution in [0.2, 0.25) is 18.1 Å². The van der Waals surface area contributed by atoms with Gasteiger partial charge in [-0.2, -0.15) is 0 Å². The Labute approximate surface area is 314 Å². The van der Waals surface area contributed by atoms with Gasteiger partial charge in [0.1, 0.15) is 23.4 Å². The van der Waals surface area contributed by atoms with Crippen LogP contribution in [0, 0.1) is 0 Å². The van der Waals surface area contributed by atoms with Gasteiger partial charge in [-0.1, -0.05) is 63.6 Å². The van der Waals surface area contributed by atoms with Crippen molar-refractivity contribution >= 4 is 30.3 Å². The monoisotopic (exact) mass is 758 g/mol. The molecule has 53 heavy (non-hydrogen) atoms. The number of carbonyl (C=O) groups is 2. The Bertz CT molecular complexity index is 1930. The van der Waals surface area contributed by atoms with Crippen molar-refractivity contribution in [1.82, 2.24) is 20.0 Å². The van der Waals surface area contributed by atoms with Gasteiger partial charge in [0.15, 0.2) is 8.32 Å². The number of carbonyl (C=O) groups excluding carboxylic acids is 2. The molecule has 1 aliphatic carbocycles. The second kappa shape index (κ2) is 17.5. The van der Waals surface area contributed by atoms with Crippen LogP contribution in [-0.4, -0.2) is 58.0 Å². The Morgan fingerprint density at radius 3 is 2.23 bits per heavy atom. The van der Waals surface area contributed by atoms with Crippen LogP contribution in [0.5, 0.6) is 5.75 Å². The summed E-state index contributed by atoms with van der Waals surface area (Å²) in [5, 5.41) is 2.83. The van der Waals surface area contributed by atoms with Gasteiger partial charge in [0.2, 0.25) is 0 Å². The van der Waals surface area contributed by atoms with Crippen LogP contribution in [-0.2, 0) is 25.6 Å². The van der Waals surface area contributed by atoms with E-state index in [9.17, 15) is 18.0 Å². The molecular formula is C40H50N4O7SSi. The van der Waals surface area contributed by atoms with E-state index in [1.54, 1.807) is 30.6 Å². The summed E-state index contributed by atoms with van der Waals surface area (Å²) in [5.41, 5.74) is 3.73. The van der Waals surface area contributed by atoms with Gasteiger partial charge in [-0.3, -0.25) is 14.8 Å². The van der Waals surface area contributed by atoms with Gasteiger partial charge in [-0.05, 0) is 97.3 Å². The average molecular weight is 759 g/mol. The van der Waals surface area contributed by atoms with E-state index in [2.05, 4.69) is 53.9 Å². The number of aromatic nitrogens is 2. The lowest BCUT2D eigenvalue weighted by Crippen LogP contribution is -2.43. The minimum atomic E-state index is -4.13. The molecule has 1 fully saturated rings. The van der Waals surface area contributed by atoms with Crippen LogP contribution in [0.15, 0.2) is 96.4 Å². The predicted octanol–water partition coefficient (Wildman–Crippen LogP) is 8.01. The fourth-order valence-corrected chi connectivity index (χ4v) is 7.96. The largest absolute Gasteiger partial charge is 0.490 e. The normalized spacial score (nSPS) is 14.6. The molecule has 2 aromatic carbocycles. The molecule has 0 radical (unpaired) electrons. The Kier molecular flexibility index (Phi) is 13.1. The summed E-state index contributed by atoms with van der Waals surface area (Å²) >= 11 is 0. The first-order valence-corrected chi connectivity index (χ1v) is 22.5. The zero-order chi connectivity index (χ0) is 38.1. The van der Waals surface area contributed by atoms with E-state index in [1.165, 1.54) is 24.5 Å². The van der Waals surface area contributed by atoms with Crippen LogP contribution in [0.4, 0.5) is 4.79 Å². The number of ether oxygens (including phenoxy) is 2. The quantitative estimate of drug-likeness (QED) is 0.122. The zero-order valence-electron chi connectivity index (χ0n) is 31.1. The van der Waals surface area contributed by atoms with Gasteiger partial charge in [-0.15, -0.1) is 0 Å². The Morgan fingerprint density at radius 2 is 1.58 bits per heavy atom. The predicted molar refractivity (Wildman–Crippen MR) is 207 cm³/mol. The lowest BCUT2D eigenvalue weighted by molar-refractivity contribution is 0.0739. The maximum absolute atomic E-state index is 13.3. The Balaban J connectivity index is 1.20. The number of nitrogens with one attached hydrogen (secondary N) is 2. The van der Waals surface area contributed by atoms with Crippen LogP contribution in [0.1, 0.15) is 80.5 Å². The van der Waals surface area contributed by atoms with Crippen LogP contribution >= 0.6 is 0 Å². The van der Waals surface area contributed by atoms with Crippen molar-refractivity contribution in [3.05, 3.63) is 108 Å². The number of hydrogen-bond donors (Lipinski definition) is 2. The number of benzene rings is 2. The standard InChI is InChI=1S/C40H50N4O7SSi/c1-40(2,3)53(4,5)51-37(32-11-9-22-41-26-32)28-49-39(46)43-24-21-29-15-17-30(18-16-29)31-19-20-35(36(25-31)50-33-12-7-6-8-13-33)38(45)44-52(47,48)34-14-10-23-42-27-34/h9-11,14-20,22-23,25-27,33,37H,6-8,12-13,21,24,28H2,1-5H3,(H,43,46)(H,44,45)/t37-/m0/s1. The van der Waals surface area contributed by atoms with Crippen molar-refractivity contribution in [1.29, 1.82) is 0 Å². The summed E-state index contributed by atoms with van der Waals surface area (Å²) < 4.78 is 46.5. The van der Waals surface area contributed by atoms with Crippen LogP contribution < -0.4 is 14.8 Å². The van der Waals surface area contributed by atoms with E-state index in [-0.39, 0.29) is 28.2 Å². The van der Waals surface area contributed by atoms with E-state index in [0.717, 1.165) is 54.4 Å². The summed E-state index contributed by atoms with van der Waals surface area (Å²) in [5.74, 6) is -0.441. The molecule has 13 heteroatoms. The van der Waals surface area contributed by atoms with Crippen molar-refractivity contribution in [2.24, 2.45) is 0 Å². The fraction of sp³-hybridized carbons (Fsp3) is 0.400. The number of nitrogens with zero attached hydrogens (tertiary/aromatic N) is 2. The van der Waals surface area contributed by atoms with Crippen molar-refractivity contribution in [3.8, 4) is 16.9 Å². The second-order valence-corrected chi connectivity index (χ2v) is 21.3. The van der Waals surface area contributed by atoms with Crippen LogP contribution in [0.25, 0.3) is 11.1 Å². The van der Waals surface area contributed by atoms with Gasteiger partial charge in [0, 0.05) is 36.9 Å². The zero-order valence-corrected chi connectivity index (χ0v) is 32.9. The van der Waals surface area contributed by atoms with Crippen molar-refractivity contribution in [3.63, 3.8) is 0 Å². The number of amides is 2. The first kappa shape index (κ1) is 39.6. The number of alkyl carbamates (subject to hydrolysis) is 1. The van der Waals surface area contributed by atoms with E-state index in [1.807, 2.05) is 36.4 Å². The number of pyridine rings is 2. The highest BCUT2D eigenvalue weighted by Gasteiger charge is 2.40. The van der Waals surface area contributed by atoms with Gasteiger partial charge < -0.3 is 19.2 Å². The van der Waals surface area contributed by atoms with E-state index >= 15 is 0 Å². The third-order valence-electron chi connectivity index (χ3n) is 9.88. The molecule has 5 rings (SSSR count). The molecule has 282 valence electrons. The van der Waals surface area contributed by atoms with Gasteiger partial charge in [0.05, 0.1) is 11.7 Å². The first-order chi connectivity index (χ1) is 25.2. The Morgan fingerprint density at radius 1 is 0.906 bits per heavy atom. The number of sulfonamides is 1. The summed E-state index contributed by atoms with van der Waals surface area (Å²) in [6.07, 6.45) is 10.6. The molecule has 0 spiro atoms. The maximum Gasteiger partial charge on any atom is 0.407 e. The lowest BCUT2D eigenvalue weighted by Gasteiger charge is -2.39. The molecule has 2 heterocycles. The SMILES string of the molecule is CC(C)(C)[Si](C)(C)O[C@@H](COC(=O)NCCc1ccc(-c2ccc(C(=O)NS(=O)(=O)c3cccnc3)c(OC3CCCCC3)c2)cc1)c1cccnc1. The summed E-state index contributed by atoms with van der Waals surface area (Å²) in [7, 11) is -6.28. The lowest BCUT2D eigenvalue weighted by atomic mass is 9.97. The molecule has 4 aromatic rings. The molecule has 0 aliphatic heterocycles. The van der Waals surface area contributed by atoms with Crippen molar-refractivity contribution in [2.45, 2.75) is 94.5 Å². The molecule has 2 aromatic heterocycles. The third kappa shape index (κ3) is 11.0. The highest BCUT2D eigenvalue weighted by Crippen LogP contribution is 2.40. The van der Waals surface area contributed by atoms with Gasteiger partial charge in [0.25, 0.3) is 15.9 Å². The molecule has 2 amide bonds. The van der Waals surface area contributed by atoms with Crippen LogP contribution in [0.3, 0.4) is 0 Å². The van der Waals surface area contributed by atoms with E-state index < -0.39 is 36.4 Å². The maximum atomic E-state index is 13.3. The van der Waals surface area contributed by atoms with Gasteiger partial charge in [-0.25, -0.2) is 17.9 Å². The molecule has 1 atom stereocenters. The molecule has 1 saturated carbocycles. The summed E-state index contributed by atoms with van der Waals surface area (Å²) in [6, 6.07) is 19.7. The van der Waals surface area contributed by atoms with E-state index in [0.29, 0.717) is 18.7 Å². The van der Waals surface area contributed by atoms with Crippen molar-refractivity contribution < 1.29 is 31.9 Å². The molecule has 1 aliphatic rings. The third-order valence-corrected chi connectivity index (χ3v) is 15.7. The topological polar surface area (TPSA) is 146 Å². The molecule has 0 bridgehead atoms. The van der Waals surface area contributed by atoms with Crippen molar-refractivity contribution in [2.75, 3.05) is 13.2 Å². The fourth-order valence-electron chi connectivity index (χ4n) is 5.76. The first-order valence-electron chi connectivity index (χ1n) is 18.1. The molecular weight excluding hydrogens is 709 g/mol. The minimum absolute atomic E-state index is 0.0114. The number of rotatable bonds is 14. The van der Waals surface area contributed by atoms with Gasteiger partial charge >= 0.3 is 6.09 Å². The molecule has 11 nitrogen and oxygen atoms in total. The highest BCUT2D eigenvalue weighted by molar-refractivity contribution is 7.90. The van der Waals surface area contributed by atoms with E-state index in [4.69, 9.17) is 13.9 Å².